The Hall–Kier alpha value is -1.88. The van der Waals surface area contributed by atoms with Crippen LogP contribution in [-0.4, -0.2) is 12.6 Å². The summed E-state index contributed by atoms with van der Waals surface area (Å²) in [6.07, 6.45) is 0.659. The highest BCUT2D eigenvalue weighted by atomic mass is 79.9. The highest BCUT2D eigenvalue weighted by molar-refractivity contribution is 9.10. The first kappa shape index (κ1) is 14.5. The van der Waals surface area contributed by atoms with E-state index in [1.165, 1.54) is 12.1 Å². The van der Waals surface area contributed by atoms with Crippen LogP contribution in [0.5, 0.6) is 0 Å². The predicted molar refractivity (Wildman–Crippen MR) is 81.3 cm³/mol. The Kier molecular flexibility index (Phi) is 5.12. The third-order valence-electron chi connectivity index (χ3n) is 2.69. The number of hydrogen-bond acceptors (Lipinski definition) is 1. The van der Waals surface area contributed by atoms with Crippen molar-refractivity contribution >= 4 is 27.6 Å². The van der Waals surface area contributed by atoms with E-state index in [0.717, 1.165) is 15.7 Å². The normalized spacial score (nSPS) is 10.1. The van der Waals surface area contributed by atoms with Gasteiger partial charge < -0.3 is 10.6 Å². The molecule has 2 amide bonds. The number of benzene rings is 2. The van der Waals surface area contributed by atoms with Crippen LogP contribution in [0, 0.1) is 5.82 Å². The first-order valence-electron chi connectivity index (χ1n) is 6.18. The van der Waals surface area contributed by atoms with Crippen molar-refractivity contribution in [2.24, 2.45) is 0 Å². The standard InChI is InChI=1S/C15H14BrFN2O/c16-12-2-1-3-14(10-12)19-15(20)18-9-8-11-4-6-13(17)7-5-11/h1-7,10H,8-9H2,(H2,18,19,20). The molecule has 2 aromatic carbocycles. The van der Waals surface area contributed by atoms with Crippen LogP contribution in [0.1, 0.15) is 5.56 Å². The van der Waals surface area contributed by atoms with E-state index in [1.807, 2.05) is 24.3 Å². The first-order valence-corrected chi connectivity index (χ1v) is 6.97. The lowest BCUT2D eigenvalue weighted by atomic mass is 10.1. The van der Waals surface area contributed by atoms with Crippen molar-refractivity contribution < 1.29 is 9.18 Å². The van der Waals surface area contributed by atoms with Crippen LogP contribution < -0.4 is 10.6 Å². The number of halogens is 2. The van der Waals surface area contributed by atoms with Crippen LogP contribution in [0.15, 0.2) is 53.0 Å². The molecule has 20 heavy (non-hydrogen) atoms. The average Bonchev–Trinajstić information content (AvgIpc) is 2.41. The number of rotatable bonds is 4. The maximum absolute atomic E-state index is 12.7. The summed E-state index contributed by atoms with van der Waals surface area (Å²) in [4.78, 5) is 11.7. The summed E-state index contributed by atoms with van der Waals surface area (Å²) >= 11 is 3.34. The molecule has 0 aromatic heterocycles. The van der Waals surface area contributed by atoms with Gasteiger partial charge in [0.05, 0.1) is 0 Å². The van der Waals surface area contributed by atoms with Crippen molar-refractivity contribution in [3.8, 4) is 0 Å². The first-order chi connectivity index (χ1) is 9.63. The van der Waals surface area contributed by atoms with E-state index in [0.29, 0.717) is 13.0 Å². The molecule has 2 N–H and O–H groups in total. The van der Waals surface area contributed by atoms with Crippen LogP contribution in [0.3, 0.4) is 0 Å². The fraction of sp³-hybridized carbons (Fsp3) is 0.133. The number of carbonyl (C=O) groups is 1. The quantitative estimate of drug-likeness (QED) is 0.871. The van der Waals surface area contributed by atoms with Gasteiger partial charge in [-0.2, -0.15) is 0 Å². The Balaban J connectivity index is 1.76. The number of carbonyl (C=O) groups excluding carboxylic acids is 1. The minimum Gasteiger partial charge on any atom is -0.338 e. The van der Waals surface area contributed by atoms with Crippen molar-refractivity contribution in [2.45, 2.75) is 6.42 Å². The van der Waals surface area contributed by atoms with Crippen molar-refractivity contribution in [3.63, 3.8) is 0 Å². The van der Waals surface area contributed by atoms with Crippen LogP contribution in [0.2, 0.25) is 0 Å². The summed E-state index contributed by atoms with van der Waals surface area (Å²) in [6, 6.07) is 13.4. The molecule has 0 bridgehead atoms. The average molecular weight is 337 g/mol. The van der Waals surface area contributed by atoms with Crippen LogP contribution in [-0.2, 0) is 6.42 Å². The molecule has 0 heterocycles. The molecule has 0 fully saturated rings. The Bertz CT molecular complexity index is 587. The lowest BCUT2D eigenvalue weighted by Gasteiger charge is -2.08. The lowest BCUT2D eigenvalue weighted by molar-refractivity contribution is 0.252. The molecule has 0 aliphatic heterocycles. The van der Waals surface area contributed by atoms with E-state index in [2.05, 4.69) is 26.6 Å². The van der Waals surface area contributed by atoms with Gasteiger partial charge in [-0.3, -0.25) is 0 Å². The fourth-order valence-electron chi connectivity index (χ4n) is 1.71. The molecule has 2 aromatic rings. The largest absolute Gasteiger partial charge is 0.338 e. The minimum atomic E-state index is -0.259. The molecule has 0 spiro atoms. The van der Waals surface area contributed by atoms with E-state index in [1.54, 1.807) is 12.1 Å². The summed E-state index contributed by atoms with van der Waals surface area (Å²) < 4.78 is 13.6. The Morgan fingerprint density at radius 1 is 1.15 bits per heavy atom. The van der Waals surface area contributed by atoms with Gasteiger partial charge in [-0.15, -0.1) is 0 Å². The Labute approximate surface area is 125 Å². The molecule has 0 saturated carbocycles. The van der Waals surface area contributed by atoms with E-state index >= 15 is 0 Å². The Morgan fingerprint density at radius 3 is 2.60 bits per heavy atom. The van der Waals surface area contributed by atoms with Gasteiger partial charge in [0.1, 0.15) is 5.82 Å². The molecular formula is C15H14BrFN2O. The third kappa shape index (κ3) is 4.66. The van der Waals surface area contributed by atoms with Crippen LogP contribution >= 0.6 is 15.9 Å². The SMILES string of the molecule is O=C(NCCc1ccc(F)cc1)Nc1cccc(Br)c1. The zero-order valence-corrected chi connectivity index (χ0v) is 12.3. The number of amides is 2. The molecule has 5 heteroatoms. The van der Waals surface area contributed by atoms with E-state index in [9.17, 15) is 9.18 Å². The summed E-state index contributed by atoms with van der Waals surface area (Å²) in [6.45, 7) is 0.492. The second-order valence-corrected chi connectivity index (χ2v) is 5.18. The van der Waals surface area contributed by atoms with Crippen molar-refractivity contribution in [3.05, 3.63) is 64.4 Å². The topological polar surface area (TPSA) is 41.1 Å². The van der Waals surface area contributed by atoms with E-state index in [-0.39, 0.29) is 11.8 Å². The number of urea groups is 1. The van der Waals surface area contributed by atoms with Crippen molar-refractivity contribution in [1.29, 1.82) is 0 Å². The van der Waals surface area contributed by atoms with Gasteiger partial charge in [-0.25, -0.2) is 9.18 Å². The number of hydrogen-bond donors (Lipinski definition) is 2. The molecule has 0 atom stereocenters. The second-order valence-electron chi connectivity index (χ2n) is 4.27. The summed E-state index contributed by atoms with van der Waals surface area (Å²) in [5.74, 6) is -0.255. The number of anilines is 1. The molecule has 0 aliphatic carbocycles. The zero-order chi connectivity index (χ0) is 14.4. The molecule has 0 unspecified atom stereocenters. The monoisotopic (exact) mass is 336 g/mol. The highest BCUT2D eigenvalue weighted by Gasteiger charge is 2.01. The fourth-order valence-corrected chi connectivity index (χ4v) is 2.11. The van der Waals surface area contributed by atoms with Gasteiger partial charge in [0.25, 0.3) is 0 Å². The number of nitrogens with one attached hydrogen (secondary N) is 2. The summed E-state index contributed by atoms with van der Waals surface area (Å²) in [5.41, 5.74) is 1.70. The van der Waals surface area contributed by atoms with E-state index < -0.39 is 0 Å². The highest BCUT2D eigenvalue weighted by Crippen LogP contribution is 2.15. The summed E-state index contributed by atoms with van der Waals surface area (Å²) in [5, 5.41) is 5.49. The van der Waals surface area contributed by atoms with Crippen molar-refractivity contribution in [1.82, 2.24) is 5.32 Å². The van der Waals surface area contributed by atoms with Gasteiger partial charge in [-0.05, 0) is 42.3 Å². The third-order valence-corrected chi connectivity index (χ3v) is 3.19. The van der Waals surface area contributed by atoms with Gasteiger partial charge in [0.2, 0.25) is 0 Å². The smallest absolute Gasteiger partial charge is 0.319 e. The second kappa shape index (κ2) is 7.05. The predicted octanol–water partition coefficient (Wildman–Crippen LogP) is 3.95. The minimum absolute atomic E-state index is 0.255. The summed E-state index contributed by atoms with van der Waals surface area (Å²) in [7, 11) is 0. The molecule has 0 radical (unpaired) electrons. The van der Waals surface area contributed by atoms with Crippen molar-refractivity contribution in [2.75, 3.05) is 11.9 Å². The van der Waals surface area contributed by atoms with Gasteiger partial charge in [0, 0.05) is 16.7 Å². The Morgan fingerprint density at radius 2 is 1.90 bits per heavy atom. The molecule has 104 valence electrons. The molecule has 2 rings (SSSR count). The van der Waals surface area contributed by atoms with Gasteiger partial charge in [0.15, 0.2) is 0 Å². The van der Waals surface area contributed by atoms with Gasteiger partial charge in [-0.1, -0.05) is 34.1 Å². The van der Waals surface area contributed by atoms with Crippen LogP contribution in [0.4, 0.5) is 14.9 Å². The van der Waals surface area contributed by atoms with Gasteiger partial charge >= 0.3 is 6.03 Å². The van der Waals surface area contributed by atoms with E-state index in [4.69, 9.17) is 0 Å². The zero-order valence-electron chi connectivity index (χ0n) is 10.7. The molecule has 0 aliphatic rings. The van der Waals surface area contributed by atoms with Crippen LogP contribution in [0.25, 0.3) is 0 Å². The molecular weight excluding hydrogens is 323 g/mol. The maximum Gasteiger partial charge on any atom is 0.319 e. The maximum atomic E-state index is 12.7. The lowest BCUT2D eigenvalue weighted by Crippen LogP contribution is -2.30. The molecule has 0 saturated heterocycles. The molecule has 3 nitrogen and oxygen atoms in total.